The number of fused-ring (bicyclic) bond motifs is 1. The molecule has 2 atom stereocenters. The molecule has 258 valence electrons. The van der Waals surface area contributed by atoms with E-state index < -0.39 is 31.0 Å². The molecule has 2 aromatic heterocycles. The number of aromatic amines is 2. The van der Waals surface area contributed by atoms with Gasteiger partial charge in [0.15, 0.2) is 0 Å². The van der Waals surface area contributed by atoms with Gasteiger partial charge in [0.1, 0.15) is 18.3 Å². The number of hydrogen-bond donors (Lipinski definition) is 3. The Morgan fingerprint density at radius 2 is 1.39 bits per heavy atom. The summed E-state index contributed by atoms with van der Waals surface area (Å²) in [5.41, 5.74) is 6.25. The molecule has 2 saturated heterocycles. The average molecular weight is 689 g/mol. The van der Waals surface area contributed by atoms with Gasteiger partial charge in [-0.05, 0) is 58.0 Å². The van der Waals surface area contributed by atoms with Crippen molar-refractivity contribution >= 4 is 23.0 Å². The third kappa shape index (κ3) is 6.52. The number of aromatic nitrogens is 4. The molecule has 10 nitrogen and oxygen atoms in total. The van der Waals surface area contributed by atoms with Crippen molar-refractivity contribution in [3.63, 3.8) is 0 Å². The molecule has 2 aliphatic heterocycles. The number of alkyl halides is 2. The summed E-state index contributed by atoms with van der Waals surface area (Å²) in [5.74, 6) is -2.15. The highest BCUT2D eigenvalue weighted by atomic mass is 19.3. The number of likely N-dealkylation sites (tertiary alicyclic amines) is 2. The fourth-order valence-corrected chi connectivity index (χ4v) is 7.07. The maximum Gasteiger partial charge on any atom is 0.410 e. The van der Waals surface area contributed by atoms with Gasteiger partial charge in [-0.3, -0.25) is 9.80 Å². The number of nitrogens with zero attached hydrogens (tertiary/aromatic N) is 4. The molecule has 8 rings (SSSR count). The van der Waals surface area contributed by atoms with Gasteiger partial charge in [-0.2, -0.15) is 0 Å². The molecule has 0 saturated carbocycles. The second kappa shape index (κ2) is 13.0. The Morgan fingerprint density at radius 1 is 0.784 bits per heavy atom. The predicted octanol–water partition coefficient (Wildman–Crippen LogP) is 8.82. The van der Waals surface area contributed by atoms with Gasteiger partial charge < -0.3 is 19.8 Å². The summed E-state index contributed by atoms with van der Waals surface area (Å²) in [4.78, 5) is 42.4. The summed E-state index contributed by atoms with van der Waals surface area (Å²) in [6, 6.07) is 28.7. The minimum atomic E-state index is -3.10. The van der Waals surface area contributed by atoms with E-state index in [0.29, 0.717) is 12.2 Å². The van der Waals surface area contributed by atoms with Gasteiger partial charge in [0, 0.05) is 18.5 Å². The third-order valence-corrected chi connectivity index (χ3v) is 9.71. The molecule has 12 heteroatoms. The number of H-pyrrole nitrogens is 2. The summed E-state index contributed by atoms with van der Waals surface area (Å²) in [6.45, 7) is 0.00757. The van der Waals surface area contributed by atoms with E-state index in [1.54, 1.807) is 11.1 Å². The van der Waals surface area contributed by atoms with Crippen LogP contribution in [0.5, 0.6) is 0 Å². The van der Waals surface area contributed by atoms with Crippen LogP contribution in [0.4, 0.5) is 18.4 Å². The summed E-state index contributed by atoms with van der Waals surface area (Å²) < 4.78 is 33.6. The molecule has 2 amide bonds. The Morgan fingerprint density at radius 3 is 2.10 bits per heavy atom. The van der Waals surface area contributed by atoms with E-state index >= 15 is 0 Å². The Hall–Kier alpha value is -6.04. The molecular formula is C39H34F2N6O4. The van der Waals surface area contributed by atoms with Crippen LogP contribution < -0.4 is 0 Å². The molecular weight excluding hydrogens is 654 g/mol. The number of carboxylic acid groups (broad SMARTS) is 1. The van der Waals surface area contributed by atoms with Gasteiger partial charge in [-0.1, -0.05) is 78.9 Å². The quantitative estimate of drug-likeness (QED) is 0.154. The topological polar surface area (TPSA) is 127 Å². The van der Waals surface area contributed by atoms with Crippen molar-refractivity contribution in [3.05, 3.63) is 121 Å². The van der Waals surface area contributed by atoms with E-state index in [4.69, 9.17) is 4.74 Å². The number of rotatable bonds is 7. The fraction of sp³-hybridized carbons (Fsp3) is 0.231. The van der Waals surface area contributed by atoms with Crippen molar-refractivity contribution in [1.29, 1.82) is 0 Å². The number of ether oxygens (including phenoxy) is 1. The molecule has 2 unspecified atom stereocenters. The largest absolute Gasteiger partial charge is 0.465 e. The second-order valence-corrected chi connectivity index (χ2v) is 13.1. The molecule has 4 heterocycles. The van der Waals surface area contributed by atoms with Crippen LogP contribution in [0.2, 0.25) is 0 Å². The van der Waals surface area contributed by atoms with Crippen molar-refractivity contribution in [3.8, 4) is 33.6 Å². The van der Waals surface area contributed by atoms with Gasteiger partial charge in [-0.15, -0.1) is 0 Å². The summed E-state index contributed by atoms with van der Waals surface area (Å²) in [5, 5.41) is 11.5. The van der Waals surface area contributed by atoms with Crippen LogP contribution in [-0.4, -0.2) is 66.0 Å². The van der Waals surface area contributed by atoms with Crippen molar-refractivity contribution in [2.75, 3.05) is 13.1 Å². The number of carbonyl (C=O) groups is 2. The lowest BCUT2D eigenvalue weighted by molar-refractivity contribution is 0.0126. The summed E-state index contributed by atoms with van der Waals surface area (Å²) in [7, 11) is 0. The van der Waals surface area contributed by atoms with Crippen LogP contribution in [0.25, 0.3) is 44.4 Å². The lowest BCUT2D eigenvalue weighted by Crippen LogP contribution is -2.31. The molecule has 0 spiro atoms. The molecule has 3 N–H and O–H groups in total. The number of imidazole rings is 2. The lowest BCUT2D eigenvalue weighted by Gasteiger charge is -2.22. The maximum absolute atomic E-state index is 14.0. The van der Waals surface area contributed by atoms with Crippen molar-refractivity contribution < 1.29 is 28.2 Å². The Kier molecular flexibility index (Phi) is 8.21. The highest BCUT2D eigenvalue weighted by Gasteiger charge is 2.49. The van der Waals surface area contributed by atoms with E-state index in [1.165, 1.54) is 0 Å². The van der Waals surface area contributed by atoms with E-state index in [1.807, 2.05) is 60.8 Å². The van der Waals surface area contributed by atoms with Crippen molar-refractivity contribution in [2.45, 2.75) is 43.9 Å². The predicted molar refractivity (Wildman–Crippen MR) is 187 cm³/mol. The van der Waals surface area contributed by atoms with Crippen LogP contribution in [-0.2, 0) is 11.3 Å². The smallest absolute Gasteiger partial charge is 0.410 e. The van der Waals surface area contributed by atoms with Gasteiger partial charge in [0.05, 0.1) is 42.4 Å². The van der Waals surface area contributed by atoms with E-state index in [0.717, 1.165) is 67.8 Å². The maximum atomic E-state index is 14.0. The zero-order valence-corrected chi connectivity index (χ0v) is 27.4. The minimum absolute atomic E-state index is 0.172. The highest BCUT2D eigenvalue weighted by Crippen LogP contribution is 2.41. The first-order valence-electron chi connectivity index (χ1n) is 16.8. The number of halogens is 2. The van der Waals surface area contributed by atoms with Crippen molar-refractivity contribution in [2.24, 2.45) is 0 Å². The molecule has 4 aromatic carbocycles. The second-order valence-electron chi connectivity index (χ2n) is 13.1. The summed E-state index contributed by atoms with van der Waals surface area (Å²) in [6.07, 6.45) is 2.70. The number of nitrogens with one attached hydrogen (secondary N) is 2. The molecule has 2 aliphatic rings. The Balaban J connectivity index is 0.946. The SMILES string of the molecule is O=C(O)N1CC(F)(F)CC1c1ncc(-c2ccc(-c3ccc4cc(-c5cnc(C6CCCN6C(=O)OCc6ccccc6)[nH]5)ccc4c3)cc2)[nH]1. The van der Waals surface area contributed by atoms with E-state index in [2.05, 4.69) is 56.3 Å². The van der Waals surface area contributed by atoms with Gasteiger partial charge in [0.2, 0.25) is 0 Å². The molecule has 2 fully saturated rings. The first kappa shape index (κ1) is 32.2. The van der Waals surface area contributed by atoms with Gasteiger partial charge in [0.25, 0.3) is 5.92 Å². The minimum Gasteiger partial charge on any atom is -0.465 e. The average Bonchev–Trinajstić information content (AvgIpc) is 3.97. The first-order chi connectivity index (χ1) is 24.7. The number of carbonyl (C=O) groups excluding carboxylic acids is 1. The van der Waals surface area contributed by atoms with Crippen LogP contribution >= 0.6 is 0 Å². The molecule has 0 radical (unpaired) electrons. The zero-order valence-electron chi connectivity index (χ0n) is 27.4. The first-order valence-corrected chi connectivity index (χ1v) is 16.8. The Labute approximate surface area is 291 Å². The van der Waals surface area contributed by atoms with Crippen LogP contribution in [0, 0.1) is 0 Å². The molecule has 51 heavy (non-hydrogen) atoms. The molecule has 0 aliphatic carbocycles. The van der Waals surface area contributed by atoms with Crippen molar-refractivity contribution in [1.82, 2.24) is 29.7 Å². The molecule has 0 bridgehead atoms. The Bertz CT molecular complexity index is 2220. The summed E-state index contributed by atoms with van der Waals surface area (Å²) >= 11 is 0. The molecule has 6 aromatic rings. The third-order valence-electron chi connectivity index (χ3n) is 9.71. The van der Waals surface area contributed by atoms with Crippen LogP contribution in [0.1, 0.15) is 48.6 Å². The monoisotopic (exact) mass is 688 g/mol. The van der Waals surface area contributed by atoms with Crippen LogP contribution in [0.3, 0.4) is 0 Å². The van der Waals surface area contributed by atoms with Gasteiger partial charge >= 0.3 is 12.2 Å². The standard InChI is InChI=1S/C39H34F2N6O4/c40-39(41)19-34(47(23-39)37(48)49)36-43-20-31(44-36)26-10-8-25(9-11-26)27-12-13-29-18-30(15-14-28(29)17-27)32-21-42-35(45-32)33-7-4-16-46(33)38(50)51-22-24-5-2-1-3-6-24/h1-3,5-6,8-15,17-18,20-21,33-34H,4,7,16,19,22-23H2,(H,42,45)(H,43,44)(H,48,49). The number of hydrogen-bond acceptors (Lipinski definition) is 5. The number of amides is 2. The van der Waals surface area contributed by atoms with E-state index in [9.17, 15) is 23.5 Å². The zero-order chi connectivity index (χ0) is 35.1. The lowest BCUT2D eigenvalue weighted by atomic mass is 9.98. The van der Waals surface area contributed by atoms with E-state index in [-0.39, 0.29) is 24.6 Å². The number of benzene rings is 4. The highest BCUT2D eigenvalue weighted by molar-refractivity contribution is 5.90. The normalized spacial score (nSPS) is 18.4. The fourth-order valence-electron chi connectivity index (χ4n) is 7.07. The van der Waals surface area contributed by atoms with Gasteiger partial charge in [-0.25, -0.2) is 28.3 Å². The van der Waals surface area contributed by atoms with Crippen LogP contribution in [0.15, 0.2) is 103 Å².